The van der Waals surface area contributed by atoms with Gasteiger partial charge in [0.15, 0.2) is 0 Å². The lowest BCUT2D eigenvalue weighted by atomic mass is 10.3. The second-order valence-corrected chi connectivity index (χ2v) is 5.52. The first-order valence-electron chi connectivity index (χ1n) is 9.85. The van der Waals surface area contributed by atoms with Crippen LogP contribution in [0, 0.1) is 11.3 Å². The molecule has 0 fully saturated rings. The van der Waals surface area contributed by atoms with Crippen LogP contribution in [0.1, 0.15) is 40.0 Å². The Morgan fingerprint density at radius 1 is 0.912 bits per heavy atom. The molecule has 192 valence electrons. The van der Waals surface area contributed by atoms with Crippen molar-refractivity contribution in [2.24, 2.45) is 0 Å². The molecule has 0 aliphatic heterocycles. The van der Waals surface area contributed by atoms with E-state index < -0.39 is 17.9 Å². The van der Waals surface area contributed by atoms with Gasteiger partial charge in [-0.15, -0.1) is 0 Å². The van der Waals surface area contributed by atoms with Crippen LogP contribution in [0.4, 0.5) is 0 Å². The molecule has 0 heterocycles. The molecule has 10 heteroatoms. The number of rotatable bonds is 10. The fourth-order valence-corrected chi connectivity index (χ4v) is 0.717. The summed E-state index contributed by atoms with van der Waals surface area (Å²) in [5, 5.41) is 31.4. The molecule has 0 saturated carbocycles. The maximum atomic E-state index is 10.5. The minimum Gasteiger partial charge on any atom is -0.478 e. The number of esters is 2. The highest BCUT2D eigenvalue weighted by Crippen LogP contribution is 1.90. The summed E-state index contributed by atoms with van der Waals surface area (Å²) < 4.78 is 9.14. The van der Waals surface area contributed by atoms with Crippen LogP contribution < -0.4 is 0 Å². The molecule has 0 bridgehead atoms. The van der Waals surface area contributed by atoms with Crippen molar-refractivity contribution in [2.75, 3.05) is 19.8 Å². The van der Waals surface area contributed by atoms with Gasteiger partial charge in [0.2, 0.25) is 0 Å². The van der Waals surface area contributed by atoms with Crippen molar-refractivity contribution in [1.29, 1.82) is 5.26 Å². The molecule has 0 atom stereocenters. The predicted molar refractivity (Wildman–Crippen MR) is 130 cm³/mol. The van der Waals surface area contributed by atoms with Crippen molar-refractivity contribution in [3.05, 3.63) is 62.3 Å². The van der Waals surface area contributed by atoms with E-state index in [1.54, 1.807) is 6.92 Å². The molecule has 0 aromatic carbocycles. The van der Waals surface area contributed by atoms with Crippen LogP contribution in [0.5, 0.6) is 0 Å². The molecular formula is C24H37NO9. The number of aliphatic hydroxyl groups is 1. The number of hydrogen-bond acceptors (Lipinski definition) is 8. The van der Waals surface area contributed by atoms with Crippen LogP contribution in [0.2, 0.25) is 0 Å². The number of aliphatic hydroxyl groups excluding tert-OH is 1. The normalized spacial score (nSPS) is 7.62. The molecule has 0 radical (unpaired) electrons. The van der Waals surface area contributed by atoms with Gasteiger partial charge in [-0.2, -0.15) is 5.26 Å². The average molecular weight is 484 g/mol. The number of carbonyl (C=O) groups excluding carboxylic acids is 2. The van der Waals surface area contributed by atoms with E-state index in [4.69, 9.17) is 20.6 Å². The van der Waals surface area contributed by atoms with Crippen molar-refractivity contribution < 1.29 is 44.0 Å². The van der Waals surface area contributed by atoms with Crippen molar-refractivity contribution in [2.45, 2.75) is 40.0 Å². The van der Waals surface area contributed by atoms with Gasteiger partial charge in [0.25, 0.3) is 0 Å². The molecule has 0 amide bonds. The highest BCUT2D eigenvalue weighted by molar-refractivity contribution is 5.86. The van der Waals surface area contributed by atoms with Gasteiger partial charge in [0.05, 0.1) is 19.3 Å². The van der Waals surface area contributed by atoms with Gasteiger partial charge in [-0.25, -0.2) is 19.2 Å². The average Bonchev–Trinajstić information content (AvgIpc) is 2.83. The van der Waals surface area contributed by atoms with Gasteiger partial charge < -0.3 is 24.8 Å². The molecule has 0 aromatic heterocycles. The van der Waals surface area contributed by atoms with Gasteiger partial charge in [-0.3, -0.25) is 0 Å². The van der Waals surface area contributed by atoms with Crippen LogP contribution in [0.15, 0.2) is 62.3 Å². The number of carboxylic acid groups (broad SMARTS) is 2. The fourth-order valence-electron chi connectivity index (χ4n) is 0.717. The third kappa shape index (κ3) is 56.6. The summed E-state index contributed by atoms with van der Waals surface area (Å²) in [5.74, 6) is -2.75. The van der Waals surface area contributed by atoms with Crippen molar-refractivity contribution in [3.8, 4) is 6.07 Å². The van der Waals surface area contributed by atoms with E-state index in [0.29, 0.717) is 17.8 Å². The highest BCUT2D eigenvalue weighted by atomic mass is 16.5. The number of unbranched alkanes of at least 4 members (excludes halogenated alkanes) is 1. The summed E-state index contributed by atoms with van der Waals surface area (Å²) in [6.45, 7) is 21.9. The summed E-state index contributed by atoms with van der Waals surface area (Å²) in [6, 6.07) is 1.92. The maximum Gasteiger partial charge on any atom is 0.333 e. The van der Waals surface area contributed by atoms with Crippen LogP contribution in [0.25, 0.3) is 0 Å². The zero-order chi connectivity index (χ0) is 27.9. The number of nitriles is 1. The smallest absolute Gasteiger partial charge is 0.333 e. The van der Waals surface area contributed by atoms with E-state index in [1.807, 2.05) is 19.9 Å². The lowest BCUT2D eigenvalue weighted by molar-refractivity contribution is -0.140. The number of ether oxygens (including phenoxy) is 2. The second kappa shape index (κ2) is 33.7. The fraction of sp³-hybridized carbons (Fsp3) is 0.375. The van der Waals surface area contributed by atoms with Gasteiger partial charge in [-0.1, -0.05) is 53.2 Å². The second-order valence-electron chi connectivity index (χ2n) is 5.52. The van der Waals surface area contributed by atoms with E-state index >= 15 is 0 Å². The summed E-state index contributed by atoms with van der Waals surface area (Å²) in [4.78, 5) is 39.3. The molecule has 0 saturated heterocycles. The first-order valence-corrected chi connectivity index (χ1v) is 9.85. The number of aliphatic carboxylic acids is 2. The van der Waals surface area contributed by atoms with Crippen LogP contribution in [-0.4, -0.2) is 59.0 Å². The molecule has 0 rings (SSSR count). The zero-order valence-corrected chi connectivity index (χ0v) is 20.2. The van der Waals surface area contributed by atoms with E-state index in [1.165, 1.54) is 6.08 Å². The Hall–Kier alpha value is -3.97. The van der Waals surface area contributed by atoms with Crippen molar-refractivity contribution in [3.63, 3.8) is 0 Å². The third-order valence-corrected chi connectivity index (χ3v) is 2.52. The summed E-state index contributed by atoms with van der Waals surface area (Å²) in [5.41, 5.74) is 0.999. The number of carbonyl (C=O) groups is 4. The Morgan fingerprint density at radius 2 is 1.35 bits per heavy atom. The lowest BCUT2D eigenvalue weighted by Crippen LogP contribution is -2.08. The minimum atomic E-state index is -0.981. The Morgan fingerprint density at radius 3 is 1.56 bits per heavy atom. The Labute approximate surface area is 201 Å². The minimum absolute atomic E-state index is 0.0473. The number of nitrogens with zero attached hydrogens (tertiary/aromatic N) is 1. The van der Waals surface area contributed by atoms with Crippen molar-refractivity contribution >= 4 is 23.9 Å². The van der Waals surface area contributed by atoms with E-state index in [9.17, 15) is 19.2 Å². The van der Waals surface area contributed by atoms with E-state index in [2.05, 4.69) is 42.4 Å². The quantitative estimate of drug-likeness (QED) is 0.180. The first kappa shape index (κ1) is 40.4. The molecule has 0 unspecified atom stereocenters. The highest BCUT2D eigenvalue weighted by Gasteiger charge is 1.99. The monoisotopic (exact) mass is 483 g/mol. The molecular weight excluding hydrogens is 446 g/mol. The topological polar surface area (TPSA) is 171 Å². The Kier molecular flexibility index (Phi) is 40.0. The van der Waals surface area contributed by atoms with Crippen LogP contribution in [0.3, 0.4) is 0 Å². The first-order chi connectivity index (χ1) is 15.8. The molecule has 0 aromatic rings. The largest absolute Gasteiger partial charge is 0.478 e. The Bertz CT molecular complexity index is 669. The molecule has 3 N–H and O–H groups in total. The van der Waals surface area contributed by atoms with Gasteiger partial charge >= 0.3 is 23.9 Å². The molecule has 34 heavy (non-hydrogen) atoms. The van der Waals surface area contributed by atoms with Crippen LogP contribution in [-0.2, 0) is 28.7 Å². The van der Waals surface area contributed by atoms with Gasteiger partial charge in [0, 0.05) is 29.4 Å². The van der Waals surface area contributed by atoms with E-state index in [0.717, 1.165) is 31.4 Å². The number of allylic oxidation sites excluding steroid dienone is 1. The molecule has 10 nitrogen and oxygen atoms in total. The third-order valence-electron chi connectivity index (χ3n) is 2.52. The van der Waals surface area contributed by atoms with Gasteiger partial charge in [0.1, 0.15) is 6.61 Å². The predicted octanol–water partition coefficient (Wildman–Crippen LogP) is 3.60. The standard InChI is InChI=1S/C7H12O2.C6H10O3.C5H7N.2C3H4O2/c1-3-5-6-9-7(8)4-2;1-5(2)6(8)9-4-3-7;1-3-5(2)4-6;2*1-2-3(4)5/h4H,2-3,5-6H2,1H3;7H,1,3-4H2,2H3;2-3H2,1H3;2*2H,1H2,(H,4,5). The maximum absolute atomic E-state index is 10.5. The summed E-state index contributed by atoms with van der Waals surface area (Å²) >= 11 is 0. The Balaban J connectivity index is -0.000000106. The number of hydrogen-bond donors (Lipinski definition) is 3. The SMILES string of the molecule is C=C(C#N)CC.C=C(C)C(=O)OCCO.C=CC(=O)O.C=CC(=O)O.C=CC(=O)OCCCC. The summed E-state index contributed by atoms with van der Waals surface area (Å²) in [6.07, 6.45) is 5.59. The molecule has 0 aliphatic rings. The zero-order valence-electron chi connectivity index (χ0n) is 20.2. The lowest BCUT2D eigenvalue weighted by Gasteiger charge is -1.99. The summed E-state index contributed by atoms with van der Waals surface area (Å²) in [7, 11) is 0. The number of carboxylic acids is 2. The van der Waals surface area contributed by atoms with E-state index in [-0.39, 0.29) is 19.2 Å². The molecule has 0 spiro atoms. The molecule has 0 aliphatic carbocycles. The van der Waals surface area contributed by atoms with Gasteiger partial charge in [-0.05, 0) is 19.8 Å². The van der Waals surface area contributed by atoms with Crippen molar-refractivity contribution in [1.82, 2.24) is 0 Å². The van der Waals surface area contributed by atoms with Crippen LogP contribution >= 0.6 is 0 Å².